The Morgan fingerprint density at radius 2 is 2.14 bits per heavy atom. The minimum atomic E-state index is 0. The summed E-state index contributed by atoms with van der Waals surface area (Å²) in [5.74, 6) is 0.785. The van der Waals surface area contributed by atoms with Crippen LogP contribution in [0.1, 0.15) is 37.7 Å². The van der Waals surface area contributed by atoms with Crippen LogP contribution in [-0.4, -0.2) is 34.3 Å². The number of carbonyl (C=O) groups excluding carboxylic acids is 1. The molecular weight excluding hydrogens is 288 g/mol. The molecule has 5 nitrogen and oxygen atoms in total. The van der Waals surface area contributed by atoms with Gasteiger partial charge in [-0.1, -0.05) is 0 Å². The van der Waals surface area contributed by atoms with Crippen LogP contribution in [-0.2, 0) is 18.3 Å². The van der Waals surface area contributed by atoms with Gasteiger partial charge in [0, 0.05) is 38.3 Å². The number of aryl methyl sites for hydroxylation is 1. The van der Waals surface area contributed by atoms with Crippen molar-refractivity contribution in [1.82, 2.24) is 20.4 Å². The summed E-state index contributed by atoms with van der Waals surface area (Å²) >= 11 is 0. The van der Waals surface area contributed by atoms with Crippen molar-refractivity contribution >= 4 is 18.3 Å². The van der Waals surface area contributed by atoms with E-state index in [1.165, 1.54) is 31.2 Å². The van der Waals surface area contributed by atoms with Crippen LogP contribution in [0.2, 0.25) is 0 Å². The van der Waals surface area contributed by atoms with Crippen LogP contribution in [0.3, 0.4) is 0 Å². The summed E-state index contributed by atoms with van der Waals surface area (Å²) in [5.41, 5.74) is 1.17. The van der Waals surface area contributed by atoms with E-state index in [-0.39, 0.29) is 18.3 Å². The first kappa shape index (κ1) is 16.3. The molecule has 3 rings (SSSR count). The average Bonchev–Trinajstić information content (AvgIpc) is 2.96. The molecule has 118 valence electrons. The SMILES string of the molecule is Cl.Cn1cc(CCNC(=O)CC2CC3CCC(C2)N3)cn1. The molecule has 21 heavy (non-hydrogen) atoms. The number of hydrogen-bond donors (Lipinski definition) is 2. The maximum atomic E-state index is 12.0. The molecule has 0 radical (unpaired) electrons. The van der Waals surface area contributed by atoms with Gasteiger partial charge < -0.3 is 10.6 Å². The number of nitrogens with one attached hydrogen (secondary N) is 2. The number of piperidine rings is 1. The number of amides is 1. The first-order valence-corrected chi connectivity index (χ1v) is 7.69. The van der Waals surface area contributed by atoms with E-state index in [1.54, 1.807) is 4.68 Å². The summed E-state index contributed by atoms with van der Waals surface area (Å²) in [6.45, 7) is 0.711. The van der Waals surface area contributed by atoms with Crippen molar-refractivity contribution in [2.75, 3.05) is 6.54 Å². The van der Waals surface area contributed by atoms with Crippen molar-refractivity contribution in [2.24, 2.45) is 13.0 Å². The van der Waals surface area contributed by atoms with Gasteiger partial charge in [-0.25, -0.2) is 0 Å². The Balaban J connectivity index is 0.00000161. The smallest absolute Gasteiger partial charge is 0.220 e. The van der Waals surface area contributed by atoms with Gasteiger partial charge in [0.15, 0.2) is 0 Å². The standard InChI is InChI=1S/C15H24N4O.ClH/c1-19-10-11(9-17-19)4-5-16-15(20)8-12-6-13-2-3-14(7-12)18-13;/h9-10,12-14,18H,2-8H2,1H3,(H,16,20);1H. The number of carbonyl (C=O) groups is 1. The Bertz CT molecular complexity index is 464. The predicted molar refractivity (Wildman–Crippen MR) is 84.5 cm³/mol. The second-order valence-electron chi connectivity index (χ2n) is 6.30. The predicted octanol–water partition coefficient (Wildman–Crippen LogP) is 1.42. The summed E-state index contributed by atoms with van der Waals surface area (Å²) in [7, 11) is 1.91. The fourth-order valence-electron chi connectivity index (χ4n) is 3.62. The van der Waals surface area contributed by atoms with Crippen LogP contribution < -0.4 is 10.6 Å². The summed E-state index contributed by atoms with van der Waals surface area (Å²) in [6, 6.07) is 1.34. The lowest BCUT2D eigenvalue weighted by Gasteiger charge is -2.28. The zero-order chi connectivity index (χ0) is 13.9. The Labute approximate surface area is 132 Å². The fraction of sp³-hybridized carbons (Fsp3) is 0.733. The molecule has 2 unspecified atom stereocenters. The molecule has 1 aromatic heterocycles. The summed E-state index contributed by atoms with van der Waals surface area (Å²) in [4.78, 5) is 12.0. The van der Waals surface area contributed by atoms with Crippen molar-refractivity contribution in [3.05, 3.63) is 18.0 Å². The molecule has 0 aromatic carbocycles. The number of fused-ring (bicyclic) bond motifs is 2. The minimum absolute atomic E-state index is 0. The highest BCUT2D eigenvalue weighted by Gasteiger charge is 2.33. The molecule has 1 amide bonds. The molecule has 0 aliphatic carbocycles. The van der Waals surface area contributed by atoms with Gasteiger partial charge in [0.1, 0.15) is 0 Å². The average molecular weight is 313 g/mol. The largest absolute Gasteiger partial charge is 0.356 e. The molecule has 2 saturated heterocycles. The van der Waals surface area contributed by atoms with E-state index in [9.17, 15) is 4.79 Å². The topological polar surface area (TPSA) is 59.0 Å². The highest BCUT2D eigenvalue weighted by atomic mass is 35.5. The van der Waals surface area contributed by atoms with Crippen LogP contribution in [0.5, 0.6) is 0 Å². The Morgan fingerprint density at radius 1 is 1.43 bits per heavy atom. The minimum Gasteiger partial charge on any atom is -0.356 e. The van der Waals surface area contributed by atoms with E-state index in [1.807, 2.05) is 19.4 Å². The van der Waals surface area contributed by atoms with Crippen LogP contribution in [0.15, 0.2) is 12.4 Å². The van der Waals surface area contributed by atoms with E-state index in [2.05, 4.69) is 15.7 Å². The maximum Gasteiger partial charge on any atom is 0.220 e. The lowest BCUT2D eigenvalue weighted by atomic mass is 9.89. The number of nitrogens with zero attached hydrogens (tertiary/aromatic N) is 2. The molecular formula is C15H25ClN4O. The molecule has 2 atom stereocenters. The van der Waals surface area contributed by atoms with Gasteiger partial charge in [-0.3, -0.25) is 9.48 Å². The van der Waals surface area contributed by atoms with Gasteiger partial charge in [0.05, 0.1) is 6.20 Å². The van der Waals surface area contributed by atoms with Crippen LogP contribution in [0, 0.1) is 5.92 Å². The van der Waals surface area contributed by atoms with Gasteiger partial charge in [-0.15, -0.1) is 12.4 Å². The zero-order valence-electron chi connectivity index (χ0n) is 12.5. The van der Waals surface area contributed by atoms with Gasteiger partial charge in [-0.05, 0) is 43.6 Å². The molecule has 0 saturated carbocycles. The molecule has 2 fully saturated rings. The number of rotatable bonds is 5. The lowest BCUT2D eigenvalue weighted by Crippen LogP contribution is -2.39. The van der Waals surface area contributed by atoms with Crippen LogP contribution >= 0.6 is 12.4 Å². The molecule has 1 aromatic rings. The molecule has 2 aliphatic rings. The Kier molecular flexibility index (Phi) is 5.65. The van der Waals surface area contributed by atoms with Crippen molar-refractivity contribution < 1.29 is 4.79 Å². The highest BCUT2D eigenvalue weighted by molar-refractivity contribution is 5.85. The number of hydrogen-bond acceptors (Lipinski definition) is 3. The molecule has 2 aliphatic heterocycles. The third kappa shape index (κ3) is 4.45. The highest BCUT2D eigenvalue weighted by Crippen LogP contribution is 2.32. The monoisotopic (exact) mass is 312 g/mol. The molecule has 2 N–H and O–H groups in total. The van der Waals surface area contributed by atoms with Gasteiger partial charge in [0.2, 0.25) is 5.91 Å². The third-order valence-electron chi connectivity index (χ3n) is 4.54. The lowest BCUT2D eigenvalue weighted by molar-refractivity contribution is -0.122. The van der Waals surface area contributed by atoms with Gasteiger partial charge in [-0.2, -0.15) is 5.10 Å². The second-order valence-corrected chi connectivity index (χ2v) is 6.30. The molecule has 2 bridgehead atoms. The molecule has 0 spiro atoms. The number of halogens is 1. The van der Waals surface area contributed by atoms with Crippen LogP contribution in [0.4, 0.5) is 0 Å². The zero-order valence-corrected chi connectivity index (χ0v) is 13.4. The molecule has 3 heterocycles. The van der Waals surface area contributed by atoms with E-state index < -0.39 is 0 Å². The van der Waals surface area contributed by atoms with E-state index >= 15 is 0 Å². The van der Waals surface area contributed by atoms with Gasteiger partial charge in [0.25, 0.3) is 0 Å². The van der Waals surface area contributed by atoms with Crippen molar-refractivity contribution in [3.8, 4) is 0 Å². The normalized spacial score (nSPS) is 27.2. The van der Waals surface area contributed by atoms with Gasteiger partial charge >= 0.3 is 0 Å². The maximum absolute atomic E-state index is 12.0. The molecule has 6 heteroatoms. The summed E-state index contributed by atoms with van der Waals surface area (Å²) in [6.07, 6.45) is 10.3. The first-order chi connectivity index (χ1) is 9.69. The Morgan fingerprint density at radius 3 is 2.76 bits per heavy atom. The second kappa shape index (κ2) is 7.27. The summed E-state index contributed by atoms with van der Waals surface area (Å²) in [5, 5.41) is 10.8. The number of aromatic nitrogens is 2. The summed E-state index contributed by atoms with van der Waals surface area (Å²) < 4.78 is 1.79. The van der Waals surface area contributed by atoms with E-state index in [0.29, 0.717) is 31.0 Å². The van der Waals surface area contributed by atoms with E-state index in [0.717, 1.165) is 6.42 Å². The van der Waals surface area contributed by atoms with Crippen LogP contribution in [0.25, 0.3) is 0 Å². The van der Waals surface area contributed by atoms with Crippen molar-refractivity contribution in [1.29, 1.82) is 0 Å². The first-order valence-electron chi connectivity index (χ1n) is 7.69. The fourth-order valence-corrected chi connectivity index (χ4v) is 3.62. The van der Waals surface area contributed by atoms with Crippen molar-refractivity contribution in [2.45, 2.75) is 50.6 Å². The quantitative estimate of drug-likeness (QED) is 0.864. The van der Waals surface area contributed by atoms with E-state index in [4.69, 9.17) is 0 Å². The third-order valence-corrected chi connectivity index (χ3v) is 4.54. The Hall–Kier alpha value is -1.07. The van der Waals surface area contributed by atoms with Crippen molar-refractivity contribution in [3.63, 3.8) is 0 Å².